The molecule has 0 radical (unpaired) electrons. The standard InChI is InChI=1S/C21H30O4S/c1-19-7-5-13(22)9-12(19)3-4-14-15-6-8-21(25,17(24)11-26)20(15,2)10-16(23)18(14)19/h9,14-16,18,23,25-26H,3-8,10-11H2,1-2H3/t14-,15+,16-,18+,19-,20+,21-/m0/s1. The molecule has 4 aliphatic rings. The van der Waals surface area contributed by atoms with E-state index in [0.717, 1.165) is 25.7 Å². The van der Waals surface area contributed by atoms with E-state index in [1.165, 1.54) is 5.57 Å². The van der Waals surface area contributed by atoms with Gasteiger partial charge in [0, 0.05) is 11.8 Å². The minimum absolute atomic E-state index is 0.0374. The molecule has 4 nitrogen and oxygen atoms in total. The molecule has 0 aromatic heterocycles. The summed E-state index contributed by atoms with van der Waals surface area (Å²) in [5.74, 6) is 0.683. The molecule has 3 fully saturated rings. The number of fused-ring (bicyclic) bond motifs is 5. The predicted octanol–water partition coefficient (Wildman–Crippen LogP) is 2.72. The zero-order chi connectivity index (χ0) is 18.9. The smallest absolute Gasteiger partial charge is 0.174 e. The van der Waals surface area contributed by atoms with Gasteiger partial charge >= 0.3 is 0 Å². The van der Waals surface area contributed by atoms with Crippen LogP contribution in [-0.2, 0) is 9.59 Å². The second-order valence-corrected chi connectivity index (χ2v) is 9.87. The van der Waals surface area contributed by atoms with Gasteiger partial charge in [-0.1, -0.05) is 19.4 Å². The molecule has 0 heterocycles. The van der Waals surface area contributed by atoms with E-state index in [1.807, 2.05) is 13.0 Å². The van der Waals surface area contributed by atoms with Gasteiger partial charge < -0.3 is 10.2 Å². The van der Waals surface area contributed by atoms with Gasteiger partial charge in [0.05, 0.1) is 11.9 Å². The summed E-state index contributed by atoms with van der Waals surface area (Å²) in [6.07, 6.45) is 6.21. The van der Waals surface area contributed by atoms with Crippen molar-refractivity contribution in [3.8, 4) is 0 Å². The van der Waals surface area contributed by atoms with Crippen LogP contribution in [0.3, 0.4) is 0 Å². The number of carbonyl (C=O) groups excluding carboxylic acids is 2. The number of aliphatic hydroxyl groups is 2. The third-order valence-corrected chi connectivity index (χ3v) is 8.94. The molecule has 2 N–H and O–H groups in total. The SMILES string of the molecule is C[C@]12CCC(=O)C=C1CC[C@@H]1[C@@H]2[C@@H](O)C[C@]2(C)[C@@H]1CC[C@]2(O)C(=O)CS. The molecule has 0 saturated heterocycles. The zero-order valence-corrected chi connectivity index (χ0v) is 16.6. The maximum Gasteiger partial charge on any atom is 0.174 e. The summed E-state index contributed by atoms with van der Waals surface area (Å²) in [6, 6.07) is 0. The van der Waals surface area contributed by atoms with Crippen molar-refractivity contribution in [2.75, 3.05) is 5.75 Å². The second-order valence-electron chi connectivity index (χ2n) is 9.56. The maximum absolute atomic E-state index is 12.5. The summed E-state index contributed by atoms with van der Waals surface area (Å²) in [5.41, 5.74) is -0.885. The number of ketones is 2. The topological polar surface area (TPSA) is 74.6 Å². The van der Waals surface area contributed by atoms with Crippen LogP contribution in [0.5, 0.6) is 0 Å². The van der Waals surface area contributed by atoms with Crippen LogP contribution in [0, 0.1) is 28.6 Å². The summed E-state index contributed by atoms with van der Waals surface area (Å²) in [7, 11) is 0. The van der Waals surface area contributed by atoms with Crippen molar-refractivity contribution in [1.29, 1.82) is 0 Å². The summed E-state index contributed by atoms with van der Waals surface area (Å²) >= 11 is 4.13. The molecule has 0 amide bonds. The fraction of sp³-hybridized carbons (Fsp3) is 0.810. The molecule has 4 aliphatic carbocycles. The minimum atomic E-state index is -1.37. The first-order valence-corrected chi connectivity index (χ1v) is 10.6. The van der Waals surface area contributed by atoms with Crippen molar-refractivity contribution in [3.05, 3.63) is 11.6 Å². The van der Waals surface area contributed by atoms with Gasteiger partial charge in [0.2, 0.25) is 0 Å². The Labute approximate surface area is 160 Å². The molecule has 26 heavy (non-hydrogen) atoms. The van der Waals surface area contributed by atoms with Gasteiger partial charge in [-0.25, -0.2) is 0 Å². The molecule has 144 valence electrons. The van der Waals surface area contributed by atoms with Crippen molar-refractivity contribution >= 4 is 24.2 Å². The van der Waals surface area contributed by atoms with E-state index in [9.17, 15) is 19.8 Å². The molecule has 4 rings (SSSR count). The van der Waals surface area contributed by atoms with Gasteiger partial charge in [-0.15, -0.1) is 0 Å². The third kappa shape index (κ3) is 2.23. The van der Waals surface area contributed by atoms with E-state index in [2.05, 4.69) is 19.6 Å². The molecule has 5 heteroatoms. The van der Waals surface area contributed by atoms with Crippen molar-refractivity contribution in [2.24, 2.45) is 28.6 Å². The zero-order valence-electron chi connectivity index (χ0n) is 15.7. The molecule has 0 aliphatic heterocycles. The van der Waals surface area contributed by atoms with Crippen LogP contribution in [0.2, 0.25) is 0 Å². The maximum atomic E-state index is 12.5. The number of aliphatic hydroxyl groups excluding tert-OH is 1. The van der Waals surface area contributed by atoms with E-state index in [1.54, 1.807) is 0 Å². The van der Waals surface area contributed by atoms with Crippen LogP contribution in [0.4, 0.5) is 0 Å². The van der Waals surface area contributed by atoms with Crippen LogP contribution in [-0.4, -0.2) is 39.2 Å². The molecule has 0 bridgehead atoms. The normalized spacial score (nSPS) is 50.5. The molecule has 7 atom stereocenters. The highest BCUT2D eigenvalue weighted by molar-refractivity contribution is 7.81. The minimum Gasteiger partial charge on any atom is -0.393 e. The van der Waals surface area contributed by atoms with Gasteiger partial charge in [-0.2, -0.15) is 12.6 Å². The third-order valence-electron chi connectivity index (χ3n) is 8.65. The summed E-state index contributed by atoms with van der Waals surface area (Å²) < 4.78 is 0. The number of thiol groups is 1. The highest BCUT2D eigenvalue weighted by atomic mass is 32.1. The van der Waals surface area contributed by atoms with E-state index >= 15 is 0 Å². The first kappa shape index (κ1) is 18.7. The number of carbonyl (C=O) groups is 2. The van der Waals surface area contributed by atoms with Crippen LogP contribution >= 0.6 is 12.6 Å². The van der Waals surface area contributed by atoms with Crippen molar-refractivity contribution in [3.63, 3.8) is 0 Å². The summed E-state index contributed by atoms with van der Waals surface area (Å²) in [5, 5.41) is 22.5. The van der Waals surface area contributed by atoms with Crippen molar-refractivity contribution in [1.82, 2.24) is 0 Å². The number of hydrogen-bond donors (Lipinski definition) is 3. The van der Waals surface area contributed by atoms with Crippen LogP contribution < -0.4 is 0 Å². The Balaban J connectivity index is 1.74. The fourth-order valence-electron chi connectivity index (χ4n) is 7.28. The Morgan fingerprint density at radius 2 is 2.00 bits per heavy atom. The lowest BCUT2D eigenvalue weighted by Gasteiger charge is -2.60. The monoisotopic (exact) mass is 378 g/mol. The molecule has 0 unspecified atom stereocenters. The Kier molecular flexibility index (Phi) is 4.26. The summed E-state index contributed by atoms with van der Waals surface area (Å²) in [6.45, 7) is 4.22. The van der Waals surface area contributed by atoms with Crippen LogP contribution in [0.15, 0.2) is 11.6 Å². The predicted molar refractivity (Wildman–Crippen MR) is 102 cm³/mol. The van der Waals surface area contributed by atoms with Crippen LogP contribution in [0.1, 0.15) is 58.8 Å². The number of rotatable bonds is 2. The molecular formula is C21H30O4S. The fourth-order valence-corrected chi connectivity index (χ4v) is 7.54. The first-order chi connectivity index (χ1) is 12.2. The lowest BCUT2D eigenvalue weighted by molar-refractivity contribution is -0.178. The molecule has 0 aromatic rings. The van der Waals surface area contributed by atoms with E-state index in [0.29, 0.717) is 25.2 Å². The van der Waals surface area contributed by atoms with Crippen molar-refractivity contribution < 1.29 is 19.8 Å². The Hall–Kier alpha value is -0.650. The van der Waals surface area contributed by atoms with Gasteiger partial charge in [-0.3, -0.25) is 9.59 Å². The van der Waals surface area contributed by atoms with E-state index in [4.69, 9.17) is 0 Å². The Bertz CT molecular complexity index is 687. The molecule has 0 spiro atoms. The van der Waals surface area contributed by atoms with Gasteiger partial charge in [0.1, 0.15) is 5.60 Å². The second kappa shape index (κ2) is 5.92. The van der Waals surface area contributed by atoms with Crippen LogP contribution in [0.25, 0.3) is 0 Å². The Morgan fingerprint density at radius 3 is 2.69 bits per heavy atom. The lowest BCUT2D eigenvalue weighted by atomic mass is 9.45. The average Bonchev–Trinajstić information content (AvgIpc) is 2.86. The van der Waals surface area contributed by atoms with Gasteiger partial charge in [0.25, 0.3) is 0 Å². The molecular weight excluding hydrogens is 348 g/mol. The Morgan fingerprint density at radius 1 is 1.27 bits per heavy atom. The first-order valence-electron chi connectivity index (χ1n) is 9.96. The number of hydrogen-bond acceptors (Lipinski definition) is 5. The molecule has 3 saturated carbocycles. The number of Topliss-reactive ketones (excluding diaryl/α,β-unsaturated/α-hetero) is 1. The largest absolute Gasteiger partial charge is 0.393 e. The lowest BCUT2D eigenvalue weighted by Crippen LogP contribution is -2.61. The quantitative estimate of drug-likeness (QED) is 0.646. The average molecular weight is 379 g/mol. The highest BCUT2D eigenvalue weighted by Gasteiger charge is 2.68. The summed E-state index contributed by atoms with van der Waals surface area (Å²) in [4.78, 5) is 24.4. The van der Waals surface area contributed by atoms with Gasteiger partial charge in [-0.05, 0) is 67.8 Å². The van der Waals surface area contributed by atoms with E-state index < -0.39 is 17.1 Å². The van der Waals surface area contributed by atoms with Gasteiger partial charge in [0.15, 0.2) is 11.6 Å². The van der Waals surface area contributed by atoms with E-state index in [-0.39, 0.29) is 34.6 Å². The van der Waals surface area contributed by atoms with Crippen molar-refractivity contribution in [2.45, 2.75) is 70.5 Å². The number of allylic oxidation sites excluding steroid dienone is 1. The molecule has 0 aromatic carbocycles. The highest BCUT2D eigenvalue weighted by Crippen LogP contribution is 2.67.